The number of hydrogen-bond donors (Lipinski definition) is 2. The van der Waals surface area contributed by atoms with Crippen LogP contribution in [0, 0.1) is 0 Å². The summed E-state index contributed by atoms with van der Waals surface area (Å²) in [7, 11) is 0. The van der Waals surface area contributed by atoms with E-state index >= 15 is 0 Å². The third kappa shape index (κ3) is 7.06. The molecule has 0 spiro atoms. The predicted molar refractivity (Wildman–Crippen MR) is 74.8 cm³/mol. The van der Waals surface area contributed by atoms with Crippen LogP contribution in [0.3, 0.4) is 0 Å². The molecule has 0 radical (unpaired) electrons. The SMILES string of the molecule is CCSCC(C)NCC(O)COCc1ccco1. The van der Waals surface area contributed by atoms with Gasteiger partial charge in [-0.05, 0) is 24.8 Å². The van der Waals surface area contributed by atoms with Gasteiger partial charge in [0, 0.05) is 18.3 Å². The summed E-state index contributed by atoms with van der Waals surface area (Å²) in [5.41, 5.74) is 0. The number of thioether (sulfide) groups is 1. The van der Waals surface area contributed by atoms with E-state index in [2.05, 4.69) is 19.2 Å². The largest absolute Gasteiger partial charge is 0.467 e. The maximum Gasteiger partial charge on any atom is 0.129 e. The maximum atomic E-state index is 9.73. The van der Waals surface area contributed by atoms with Crippen LogP contribution in [0.25, 0.3) is 0 Å². The second-order valence-electron chi connectivity index (χ2n) is 4.22. The third-order valence-electron chi connectivity index (χ3n) is 2.41. The first-order valence-electron chi connectivity index (χ1n) is 6.31. The predicted octanol–water partition coefficient (Wildman–Crippen LogP) is 1.89. The van der Waals surface area contributed by atoms with Gasteiger partial charge in [-0.3, -0.25) is 0 Å². The van der Waals surface area contributed by atoms with Crippen molar-refractivity contribution in [3.8, 4) is 0 Å². The minimum absolute atomic E-state index is 0.321. The molecule has 0 saturated heterocycles. The van der Waals surface area contributed by atoms with E-state index in [9.17, 15) is 5.11 Å². The number of hydrogen-bond acceptors (Lipinski definition) is 5. The number of ether oxygens (including phenoxy) is 1. The number of furan rings is 1. The zero-order valence-corrected chi connectivity index (χ0v) is 11.9. The number of rotatable bonds is 10. The van der Waals surface area contributed by atoms with Crippen molar-refractivity contribution in [2.75, 3.05) is 24.7 Å². The lowest BCUT2D eigenvalue weighted by atomic mass is 10.3. The van der Waals surface area contributed by atoms with Crippen LogP contribution in [0.2, 0.25) is 0 Å². The van der Waals surface area contributed by atoms with Gasteiger partial charge in [-0.25, -0.2) is 0 Å². The normalized spacial score (nSPS) is 14.6. The van der Waals surface area contributed by atoms with Crippen molar-refractivity contribution in [3.05, 3.63) is 24.2 Å². The summed E-state index contributed by atoms with van der Waals surface area (Å²) < 4.78 is 10.5. The molecule has 0 aliphatic carbocycles. The summed E-state index contributed by atoms with van der Waals surface area (Å²) in [6.07, 6.45) is 1.14. The van der Waals surface area contributed by atoms with E-state index < -0.39 is 6.10 Å². The molecule has 104 valence electrons. The lowest BCUT2D eigenvalue weighted by Gasteiger charge is -2.16. The second kappa shape index (κ2) is 9.44. The topological polar surface area (TPSA) is 54.6 Å². The molecular weight excluding hydrogens is 250 g/mol. The molecule has 1 heterocycles. The summed E-state index contributed by atoms with van der Waals surface area (Å²) in [5.74, 6) is 2.97. The van der Waals surface area contributed by atoms with Crippen LogP contribution >= 0.6 is 11.8 Å². The number of aliphatic hydroxyl groups excluding tert-OH is 1. The molecule has 18 heavy (non-hydrogen) atoms. The molecule has 2 unspecified atom stereocenters. The first-order chi connectivity index (χ1) is 8.72. The summed E-state index contributed by atoms with van der Waals surface area (Å²) in [6, 6.07) is 4.09. The van der Waals surface area contributed by atoms with Crippen molar-refractivity contribution in [1.29, 1.82) is 0 Å². The molecule has 0 fully saturated rings. The molecule has 2 atom stereocenters. The highest BCUT2D eigenvalue weighted by atomic mass is 32.2. The lowest BCUT2D eigenvalue weighted by molar-refractivity contribution is 0.0220. The van der Waals surface area contributed by atoms with E-state index in [1.165, 1.54) is 0 Å². The minimum atomic E-state index is -0.478. The fourth-order valence-electron chi connectivity index (χ4n) is 1.44. The Morgan fingerprint density at radius 1 is 1.56 bits per heavy atom. The van der Waals surface area contributed by atoms with Crippen molar-refractivity contribution in [2.24, 2.45) is 0 Å². The van der Waals surface area contributed by atoms with Crippen LogP contribution in [0.5, 0.6) is 0 Å². The molecule has 5 heteroatoms. The van der Waals surface area contributed by atoms with Crippen LogP contribution in [0.4, 0.5) is 0 Å². The smallest absolute Gasteiger partial charge is 0.129 e. The summed E-state index contributed by atoms with van der Waals surface area (Å²) in [4.78, 5) is 0. The lowest BCUT2D eigenvalue weighted by Crippen LogP contribution is -2.37. The highest BCUT2D eigenvalue weighted by Crippen LogP contribution is 2.03. The monoisotopic (exact) mass is 273 g/mol. The van der Waals surface area contributed by atoms with Crippen LogP contribution in [-0.2, 0) is 11.3 Å². The van der Waals surface area contributed by atoms with E-state index in [4.69, 9.17) is 9.15 Å². The molecule has 1 aromatic heterocycles. The maximum absolute atomic E-state index is 9.73. The quantitative estimate of drug-likeness (QED) is 0.682. The molecule has 0 aliphatic heterocycles. The van der Waals surface area contributed by atoms with Gasteiger partial charge in [0.15, 0.2) is 0 Å². The average Bonchev–Trinajstić information content (AvgIpc) is 2.87. The highest BCUT2D eigenvalue weighted by Gasteiger charge is 2.07. The molecular formula is C13H23NO3S. The van der Waals surface area contributed by atoms with E-state index in [-0.39, 0.29) is 0 Å². The summed E-state index contributed by atoms with van der Waals surface area (Å²) in [6.45, 7) is 5.56. The van der Waals surface area contributed by atoms with Gasteiger partial charge in [0.2, 0.25) is 0 Å². The van der Waals surface area contributed by atoms with Crippen molar-refractivity contribution in [1.82, 2.24) is 5.32 Å². The van der Waals surface area contributed by atoms with Gasteiger partial charge >= 0.3 is 0 Å². The van der Waals surface area contributed by atoms with Crippen molar-refractivity contribution < 1.29 is 14.3 Å². The van der Waals surface area contributed by atoms with Crippen LogP contribution in [-0.4, -0.2) is 41.9 Å². The standard InChI is InChI=1S/C13H23NO3S/c1-3-18-10-11(2)14-7-12(15)8-16-9-13-5-4-6-17-13/h4-6,11-12,14-15H,3,7-10H2,1-2H3. The molecule has 1 aromatic rings. The first kappa shape index (κ1) is 15.6. The van der Waals surface area contributed by atoms with Crippen LogP contribution in [0.1, 0.15) is 19.6 Å². The molecule has 4 nitrogen and oxygen atoms in total. The fourth-order valence-corrected chi connectivity index (χ4v) is 2.15. The summed E-state index contributed by atoms with van der Waals surface area (Å²) >= 11 is 1.90. The van der Waals surface area contributed by atoms with Crippen molar-refractivity contribution in [3.63, 3.8) is 0 Å². The molecule has 1 rings (SSSR count). The Labute approximate surface area is 113 Å². The minimum Gasteiger partial charge on any atom is -0.467 e. The van der Waals surface area contributed by atoms with Gasteiger partial charge in [-0.1, -0.05) is 6.92 Å². The van der Waals surface area contributed by atoms with Crippen LogP contribution < -0.4 is 5.32 Å². The van der Waals surface area contributed by atoms with Crippen molar-refractivity contribution >= 4 is 11.8 Å². The van der Waals surface area contributed by atoms with Gasteiger partial charge in [0.25, 0.3) is 0 Å². The summed E-state index contributed by atoms with van der Waals surface area (Å²) in [5, 5.41) is 13.0. The van der Waals surface area contributed by atoms with E-state index in [0.717, 1.165) is 17.3 Å². The molecule has 0 aromatic carbocycles. The Bertz CT molecular complexity index is 292. The van der Waals surface area contributed by atoms with Gasteiger partial charge in [-0.2, -0.15) is 11.8 Å². The molecule has 0 bridgehead atoms. The Kier molecular flexibility index (Phi) is 8.17. The second-order valence-corrected chi connectivity index (χ2v) is 5.54. The molecule has 0 amide bonds. The Morgan fingerprint density at radius 2 is 2.39 bits per heavy atom. The zero-order valence-electron chi connectivity index (χ0n) is 11.1. The first-order valence-corrected chi connectivity index (χ1v) is 7.47. The highest BCUT2D eigenvalue weighted by molar-refractivity contribution is 7.99. The van der Waals surface area contributed by atoms with E-state index in [0.29, 0.717) is 25.8 Å². The number of aliphatic hydroxyl groups is 1. The van der Waals surface area contributed by atoms with Gasteiger partial charge in [0.05, 0.1) is 19.0 Å². The van der Waals surface area contributed by atoms with Gasteiger partial charge < -0.3 is 19.6 Å². The van der Waals surface area contributed by atoms with E-state index in [1.807, 2.05) is 23.9 Å². The zero-order chi connectivity index (χ0) is 13.2. The Morgan fingerprint density at radius 3 is 3.06 bits per heavy atom. The van der Waals surface area contributed by atoms with Gasteiger partial charge in [0.1, 0.15) is 12.4 Å². The fraction of sp³-hybridized carbons (Fsp3) is 0.692. The average molecular weight is 273 g/mol. The number of nitrogens with one attached hydrogen (secondary N) is 1. The van der Waals surface area contributed by atoms with Crippen molar-refractivity contribution in [2.45, 2.75) is 32.6 Å². The van der Waals surface area contributed by atoms with Crippen LogP contribution in [0.15, 0.2) is 22.8 Å². The molecule has 2 N–H and O–H groups in total. The van der Waals surface area contributed by atoms with E-state index in [1.54, 1.807) is 6.26 Å². The molecule has 0 aliphatic rings. The Balaban J connectivity index is 2.01. The Hall–Kier alpha value is -0.490. The third-order valence-corrected chi connectivity index (χ3v) is 3.55. The van der Waals surface area contributed by atoms with Gasteiger partial charge in [-0.15, -0.1) is 0 Å². The molecule has 0 saturated carbocycles.